The lowest BCUT2D eigenvalue weighted by atomic mass is 10.1. The van der Waals surface area contributed by atoms with Crippen LogP contribution in [0.1, 0.15) is 15.9 Å². The van der Waals surface area contributed by atoms with E-state index in [0.717, 1.165) is 11.4 Å². The lowest BCUT2D eigenvalue weighted by molar-refractivity contribution is 0.0948. The number of anilines is 1. The molecular formula is C16H19N3O2. The van der Waals surface area contributed by atoms with Crippen LogP contribution >= 0.6 is 0 Å². The summed E-state index contributed by atoms with van der Waals surface area (Å²) in [6.07, 6.45) is 1.74. The summed E-state index contributed by atoms with van der Waals surface area (Å²) in [6.45, 7) is 0.415. The van der Waals surface area contributed by atoms with Gasteiger partial charge in [-0.2, -0.15) is 0 Å². The molecule has 1 amide bonds. The van der Waals surface area contributed by atoms with Crippen LogP contribution in [0, 0.1) is 0 Å². The molecule has 2 rings (SSSR count). The number of pyridine rings is 1. The third-order valence-electron chi connectivity index (χ3n) is 3.08. The Bertz CT molecular complexity index is 626. The van der Waals surface area contributed by atoms with Gasteiger partial charge in [0.05, 0.1) is 12.7 Å². The molecule has 0 aliphatic heterocycles. The van der Waals surface area contributed by atoms with E-state index in [1.165, 1.54) is 0 Å². The molecule has 0 aliphatic carbocycles. The van der Waals surface area contributed by atoms with E-state index < -0.39 is 0 Å². The fourth-order valence-corrected chi connectivity index (χ4v) is 2.07. The molecule has 0 saturated heterocycles. The third-order valence-corrected chi connectivity index (χ3v) is 3.08. The van der Waals surface area contributed by atoms with Crippen molar-refractivity contribution in [2.24, 2.45) is 0 Å². The number of ether oxygens (including phenoxy) is 1. The van der Waals surface area contributed by atoms with Gasteiger partial charge in [0.1, 0.15) is 11.6 Å². The van der Waals surface area contributed by atoms with Crippen LogP contribution in [0.25, 0.3) is 0 Å². The first-order valence-electron chi connectivity index (χ1n) is 6.66. The van der Waals surface area contributed by atoms with E-state index >= 15 is 0 Å². The van der Waals surface area contributed by atoms with E-state index in [2.05, 4.69) is 10.3 Å². The topological polar surface area (TPSA) is 54.5 Å². The largest absolute Gasteiger partial charge is 0.496 e. The van der Waals surface area contributed by atoms with Crippen LogP contribution < -0.4 is 15.0 Å². The zero-order chi connectivity index (χ0) is 15.2. The van der Waals surface area contributed by atoms with E-state index in [0.29, 0.717) is 17.9 Å². The van der Waals surface area contributed by atoms with E-state index in [9.17, 15) is 4.79 Å². The van der Waals surface area contributed by atoms with Gasteiger partial charge in [0.2, 0.25) is 0 Å². The maximum Gasteiger partial charge on any atom is 0.255 e. The van der Waals surface area contributed by atoms with Crippen molar-refractivity contribution in [3.63, 3.8) is 0 Å². The fraction of sp³-hybridized carbons (Fsp3) is 0.250. The van der Waals surface area contributed by atoms with Crippen LogP contribution in [0.4, 0.5) is 5.82 Å². The van der Waals surface area contributed by atoms with Gasteiger partial charge in [-0.25, -0.2) is 4.98 Å². The van der Waals surface area contributed by atoms with Crippen LogP contribution in [0.2, 0.25) is 0 Å². The van der Waals surface area contributed by atoms with Crippen molar-refractivity contribution in [2.75, 3.05) is 26.1 Å². The normalized spacial score (nSPS) is 10.0. The number of para-hydroxylation sites is 1. The van der Waals surface area contributed by atoms with Gasteiger partial charge in [-0.3, -0.25) is 4.79 Å². The molecule has 0 saturated carbocycles. The second-order valence-electron chi connectivity index (χ2n) is 4.76. The molecular weight excluding hydrogens is 266 g/mol. The van der Waals surface area contributed by atoms with Crippen molar-refractivity contribution >= 4 is 11.7 Å². The number of hydrogen-bond acceptors (Lipinski definition) is 4. The first kappa shape index (κ1) is 14.8. The summed E-state index contributed by atoms with van der Waals surface area (Å²) in [5.74, 6) is 1.24. The summed E-state index contributed by atoms with van der Waals surface area (Å²) in [7, 11) is 5.40. The zero-order valence-corrected chi connectivity index (χ0v) is 12.5. The highest BCUT2D eigenvalue weighted by atomic mass is 16.5. The lowest BCUT2D eigenvalue weighted by Crippen LogP contribution is -2.25. The molecule has 1 aromatic carbocycles. The predicted octanol–water partition coefficient (Wildman–Crippen LogP) is 2.09. The summed E-state index contributed by atoms with van der Waals surface area (Å²) < 4.78 is 5.20. The summed E-state index contributed by atoms with van der Waals surface area (Å²) in [5.41, 5.74) is 1.49. The molecule has 1 N–H and O–H groups in total. The molecule has 0 bridgehead atoms. The Morgan fingerprint density at radius 1 is 1.24 bits per heavy atom. The van der Waals surface area contributed by atoms with Crippen LogP contribution in [-0.4, -0.2) is 32.1 Å². The van der Waals surface area contributed by atoms with Crippen LogP contribution in [0.3, 0.4) is 0 Å². The van der Waals surface area contributed by atoms with Crippen molar-refractivity contribution in [3.05, 3.63) is 53.7 Å². The number of carbonyl (C=O) groups is 1. The molecule has 0 fully saturated rings. The first-order chi connectivity index (χ1) is 10.1. The molecule has 21 heavy (non-hydrogen) atoms. The molecule has 5 nitrogen and oxygen atoms in total. The van der Waals surface area contributed by atoms with Crippen molar-refractivity contribution < 1.29 is 9.53 Å². The second-order valence-corrected chi connectivity index (χ2v) is 4.76. The van der Waals surface area contributed by atoms with Gasteiger partial charge in [0.25, 0.3) is 5.91 Å². The zero-order valence-electron chi connectivity index (χ0n) is 12.5. The number of hydrogen-bond donors (Lipinski definition) is 1. The Kier molecular flexibility index (Phi) is 4.77. The van der Waals surface area contributed by atoms with Crippen LogP contribution in [-0.2, 0) is 6.54 Å². The van der Waals surface area contributed by atoms with E-state index in [4.69, 9.17) is 4.74 Å². The Morgan fingerprint density at radius 2 is 2.00 bits per heavy atom. The Labute approximate surface area is 124 Å². The molecule has 2 aromatic rings. The SMILES string of the molecule is COc1ccccc1C(=O)NCc1cccnc1N(C)C. The highest BCUT2D eigenvalue weighted by Crippen LogP contribution is 2.18. The highest BCUT2D eigenvalue weighted by Gasteiger charge is 2.12. The summed E-state index contributed by atoms with van der Waals surface area (Å²) in [6, 6.07) is 11.0. The van der Waals surface area contributed by atoms with E-state index in [-0.39, 0.29) is 5.91 Å². The number of nitrogens with zero attached hydrogens (tertiary/aromatic N) is 2. The first-order valence-corrected chi connectivity index (χ1v) is 6.66. The molecule has 0 radical (unpaired) electrons. The molecule has 0 spiro atoms. The predicted molar refractivity (Wildman–Crippen MR) is 82.7 cm³/mol. The van der Waals surface area contributed by atoms with Gasteiger partial charge in [-0.1, -0.05) is 18.2 Å². The van der Waals surface area contributed by atoms with Crippen molar-refractivity contribution in [1.82, 2.24) is 10.3 Å². The molecule has 110 valence electrons. The molecule has 1 aromatic heterocycles. The van der Waals surface area contributed by atoms with Gasteiger partial charge >= 0.3 is 0 Å². The average molecular weight is 285 g/mol. The van der Waals surface area contributed by atoms with Gasteiger partial charge < -0.3 is 15.0 Å². The number of benzene rings is 1. The van der Waals surface area contributed by atoms with Gasteiger partial charge in [0, 0.05) is 32.4 Å². The maximum atomic E-state index is 12.3. The Morgan fingerprint density at radius 3 is 2.71 bits per heavy atom. The van der Waals surface area contributed by atoms with Gasteiger partial charge in [-0.05, 0) is 18.2 Å². The average Bonchev–Trinajstić information content (AvgIpc) is 2.52. The standard InChI is InChI=1S/C16H19N3O2/c1-19(2)15-12(7-6-10-17-15)11-18-16(20)13-8-4-5-9-14(13)21-3/h4-10H,11H2,1-3H3,(H,18,20). The van der Waals surface area contributed by atoms with Crippen LogP contribution in [0.5, 0.6) is 5.75 Å². The van der Waals surface area contributed by atoms with Gasteiger partial charge in [-0.15, -0.1) is 0 Å². The van der Waals surface area contributed by atoms with Crippen molar-refractivity contribution in [2.45, 2.75) is 6.54 Å². The van der Waals surface area contributed by atoms with Crippen molar-refractivity contribution in [1.29, 1.82) is 0 Å². The molecule has 1 heterocycles. The fourth-order valence-electron chi connectivity index (χ4n) is 2.07. The summed E-state index contributed by atoms with van der Waals surface area (Å²) in [5, 5.41) is 2.90. The third kappa shape index (κ3) is 3.51. The molecule has 5 heteroatoms. The Balaban J connectivity index is 2.11. The van der Waals surface area contributed by atoms with E-state index in [1.54, 1.807) is 25.4 Å². The minimum Gasteiger partial charge on any atom is -0.496 e. The number of methoxy groups -OCH3 is 1. The number of amides is 1. The molecule has 0 unspecified atom stereocenters. The Hall–Kier alpha value is -2.56. The quantitative estimate of drug-likeness (QED) is 0.914. The number of nitrogens with one attached hydrogen (secondary N) is 1. The smallest absolute Gasteiger partial charge is 0.255 e. The number of rotatable bonds is 5. The highest BCUT2D eigenvalue weighted by molar-refractivity contribution is 5.96. The van der Waals surface area contributed by atoms with Gasteiger partial charge in [0.15, 0.2) is 0 Å². The molecule has 0 aliphatic rings. The lowest BCUT2D eigenvalue weighted by Gasteiger charge is -2.16. The second kappa shape index (κ2) is 6.74. The summed E-state index contributed by atoms with van der Waals surface area (Å²) in [4.78, 5) is 18.5. The van der Waals surface area contributed by atoms with E-state index in [1.807, 2.05) is 43.3 Å². The molecule has 0 atom stereocenters. The minimum atomic E-state index is -0.166. The number of aromatic nitrogens is 1. The van der Waals surface area contributed by atoms with Crippen molar-refractivity contribution in [3.8, 4) is 5.75 Å². The summed E-state index contributed by atoms with van der Waals surface area (Å²) >= 11 is 0. The number of carbonyl (C=O) groups excluding carboxylic acids is 1. The monoisotopic (exact) mass is 285 g/mol. The van der Waals surface area contributed by atoms with Crippen LogP contribution in [0.15, 0.2) is 42.6 Å². The minimum absolute atomic E-state index is 0.166. The maximum absolute atomic E-state index is 12.3.